The van der Waals surface area contributed by atoms with Crippen LogP contribution in [-0.4, -0.2) is 24.4 Å². The fourth-order valence-electron chi connectivity index (χ4n) is 2.29. The summed E-state index contributed by atoms with van der Waals surface area (Å²) in [6, 6.07) is 2.28. The smallest absolute Gasteiger partial charge is 0.242 e. The average molecular weight is 250 g/mol. The van der Waals surface area contributed by atoms with E-state index < -0.39 is 5.41 Å². The van der Waals surface area contributed by atoms with E-state index in [1.807, 2.05) is 19.9 Å². The van der Waals surface area contributed by atoms with Gasteiger partial charge in [-0.15, -0.1) is 6.58 Å². The maximum absolute atomic E-state index is 12.4. The van der Waals surface area contributed by atoms with Crippen molar-refractivity contribution < 1.29 is 4.79 Å². The summed E-state index contributed by atoms with van der Waals surface area (Å²) in [5.74, 6) is -0.0160. The lowest BCUT2D eigenvalue weighted by atomic mass is 9.79. The Morgan fingerprint density at radius 3 is 2.33 bits per heavy atom. The number of nitriles is 1. The van der Waals surface area contributed by atoms with Gasteiger partial charge < -0.3 is 4.90 Å². The zero-order valence-electron chi connectivity index (χ0n) is 12.0. The molecule has 0 aromatic heterocycles. The molecule has 3 nitrogen and oxygen atoms in total. The van der Waals surface area contributed by atoms with Gasteiger partial charge in [0.1, 0.15) is 5.41 Å². The minimum atomic E-state index is -0.813. The first-order valence-electron chi connectivity index (χ1n) is 6.85. The van der Waals surface area contributed by atoms with E-state index in [1.165, 1.54) is 0 Å². The summed E-state index contributed by atoms with van der Waals surface area (Å²) in [6.07, 6.45) is 6.70. The van der Waals surface area contributed by atoms with Crippen LogP contribution in [0, 0.1) is 16.7 Å². The van der Waals surface area contributed by atoms with E-state index in [4.69, 9.17) is 0 Å². The number of carbonyl (C=O) groups is 1. The Bertz CT molecular complexity index is 298. The van der Waals surface area contributed by atoms with Gasteiger partial charge in [-0.3, -0.25) is 4.79 Å². The quantitative estimate of drug-likeness (QED) is 0.464. The van der Waals surface area contributed by atoms with Crippen LogP contribution in [0.15, 0.2) is 12.7 Å². The monoisotopic (exact) mass is 250 g/mol. The summed E-state index contributed by atoms with van der Waals surface area (Å²) in [4.78, 5) is 14.2. The number of nitrogens with zero attached hydrogens (tertiary/aromatic N) is 2. The largest absolute Gasteiger partial charge is 0.344 e. The molecule has 3 heteroatoms. The molecule has 0 atom stereocenters. The molecule has 0 aromatic carbocycles. The first-order valence-corrected chi connectivity index (χ1v) is 6.85. The third-order valence-corrected chi connectivity index (χ3v) is 3.23. The second-order valence-electron chi connectivity index (χ2n) is 4.85. The summed E-state index contributed by atoms with van der Waals surface area (Å²) in [6.45, 7) is 8.41. The van der Waals surface area contributed by atoms with Gasteiger partial charge in [0.05, 0.1) is 6.07 Å². The minimum Gasteiger partial charge on any atom is -0.344 e. The number of amides is 1. The van der Waals surface area contributed by atoms with Crippen LogP contribution >= 0.6 is 0 Å². The first-order chi connectivity index (χ1) is 8.57. The van der Waals surface area contributed by atoms with Crippen LogP contribution in [0.25, 0.3) is 0 Å². The highest BCUT2D eigenvalue weighted by molar-refractivity contribution is 5.85. The SMILES string of the molecule is C=CCCCN(C)C(=O)C(C#N)(CCC)CCC. The zero-order valence-corrected chi connectivity index (χ0v) is 12.0. The minimum absolute atomic E-state index is 0.0160. The Hall–Kier alpha value is -1.30. The lowest BCUT2D eigenvalue weighted by Gasteiger charge is -2.30. The normalized spacial score (nSPS) is 10.8. The summed E-state index contributed by atoms with van der Waals surface area (Å²) in [5.41, 5.74) is -0.813. The summed E-state index contributed by atoms with van der Waals surface area (Å²) in [7, 11) is 1.79. The van der Waals surface area contributed by atoms with Crippen molar-refractivity contribution in [2.75, 3.05) is 13.6 Å². The Morgan fingerprint density at radius 2 is 1.94 bits per heavy atom. The fourth-order valence-corrected chi connectivity index (χ4v) is 2.29. The Kier molecular flexibility index (Phi) is 8.11. The number of carbonyl (C=O) groups excluding carboxylic acids is 1. The molecule has 0 saturated carbocycles. The van der Waals surface area contributed by atoms with Crippen molar-refractivity contribution in [1.82, 2.24) is 4.90 Å². The van der Waals surface area contributed by atoms with Crippen molar-refractivity contribution >= 4 is 5.91 Å². The van der Waals surface area contributed by atoms with E-state index in [0.29, 0.717) is 19.4 Å². The maximum Gasteiger partial charge on any atom is 0.242 e. The van der Waals surface area contributed by atoms with E-state index >= 15 is 0 Å². The van der Waals surface area contributed by atoms with Gasteiger partial charge >= 0.3 is 0 Å². The molecule has 0 aliphatic carbocycles. The number of unbranched alkanes of at least 4 members (excludes halogenated alkanes) is 1. The van der Waals surface area contributed by atoms with Gasteiger partial charge in [-0.1, -0.05) is 32.8 Å². The zero-order chi connectivity index (χ0) is 14.0. The van der Waals surface area contributed by atoms with Crippen molar-refractivity contribution in [3.63, 3.8) is 0 Å². The van der Waals surface area contributed by atoms with E-state index in [9.17, 15) is 10.1 Å². The molecule has 1 amide bonds. The highest BCUT2D eigenvalue weighted by Gasteiger charge is 2.38. The summed E-state index contributed by atoms with van der Waals surface area (Å²) < 4.78 is 0. The Morgan fingerprint density at radius 1 is 1.39 bits per heavy atom. The second-order valence-corrected chi connectivity index (χ2v) is 4.85. The molecule has 0 rings (SSSR count). The van der Waals surface area contributed by atoms with Gasteiger partial charge in [-0.25, -0.2) is 0 Å². The van der Waals surface area contributed by atoms with Crippen LogP contribution < -0.4 is 0 Å². The lowest BCUT2D eigenvalue weighted by Crippen LogP contribution is -2.41. The van der Waals surface area contributed by atoms with E-state index in [0.717, 1.165) is 25.7 Å². The molecule has 0 unspecified atom stereocenters. The van der Waals surface area contributed by atoms with Crippen LogP contribution in [0.5, 0.6) is 0 Å². The van der Waals surface area contributed by atoms with Crippen molar-refractivity contribution in [1.29, 1.82) is 5.26 Å². The van der Waals surface area contributed by atoms with Crippen molar-refractivity contribution in [2.24, 2.45) is 5.41 Å². The third-order valence-electron chi connectivity index (χ3n) is 3.23. The molecule has 0 aromatic rings. The summed E-state index contributed by atoms with van der Waals surface area (Å²) in [5, 5.41) is 9.42. The van der Waals surface area contributed by atoms with Crippen molar-refractivity contribution in [3.8, 4) is 6.07 Å². The predicted octanol–water partition coefficient (Wildman–Crippen LogP) is 3.52. The molecule has 0 fully saturated rings. The molecule has 0 bridgehead atoms. The topological polar surface area (TPSA) is 44.1 Å². The Balaban J connectivity index is 4.73. The van der Waals surface area contributed by atoms with Crippen molar-refractivity contribution in [2.45, 2.75) is 52.4 Å². The molecule has 0 N–H and O–H groups in total. The van der Waals surface area contributed by atoms with Gasteiger partial charge in [0.15, 0.2) is 0 Å². The van der Waals surface area contributed by atoms with E-state index in [1.54, 1.807) is 11.9 Å². The van der Waals surface area contributed by atoms with Crippen molar-refractivity contribution in [3.05, 3.63) is 12.7 Å². The van der Waals surface area contributed by atoms with Gasteiger partial charge in [-0.2, -0.15) is 5.26 Å². The molecular formula is C15H26N2O. The average Bonchev–Trinajstić information content (AvgIpc) is 2.37. The molecule has 102 valence electrons. The lowest BCUT2D eigenvalue weighted by molar-refractivity contribution is -0.138. The van der Waals surface area contributed by atoms with Crippen LogP contribution in [0.4, 0.5) is 0 Å². The fraction of sp³-hybridized carbons (Fsp3) is 0.733. The van der Waals surface area contributed by atoms with E-state index in [2.05, 4.69) is 12.6 Å². The standard InChI is InChI=1S/C15H26N2O/c1-5-8-9-12-17(4)14(18)15(13-16,10-6-2)11-7-3/h5H,1,6-12H2,2-4H3. The number of allylic oxidation sites excluding steroid dienone is 1. The molecule has 0 aliphatic rings. The second kappa shape index (κ2) is 8.74. The number of hydrogen-bond acceptors (Lipinski definition) is 2. The molecule has 0 aliphatic heterocycles. The molecule has 18 heavy (non-hydrogen) atoms. The number of hydrogen-bond donors (Lipinski definition) is 0. The van der Waals surface area contributed by atoms with E-state index in [-0.39, 0.29) is 5.91 Å². The van der Waals surface area contributed by atoms with Crippen LogP contribution in [0.3, 0.4) is 0 Å². The van der Waals surface area contributed by atoms with Crippen LogP contribution in [0.2, 0.25) is 0 Å². The highest BCUT2D eigenvalue weighted by Crippen LogP contribution is 2.31. The molecular weight excluding hydrogens is 224 g/mol. The predicted molar refractivity (Wildman–Crippen MR) is 74.9 cm³/mol. The highest BCUT2D eigenvalue weighted by atomic mass is 16.2. The molecule has 0 radical (unpaired) electrons. The van der Waals surface area contributed by atoms with Gasteiger partial charge in [0, 0.05) is 13.6 Å². The first kappa shape index (κ1) is 16.7. The van der Waals surface area contributed by atoms with Crippen LogP contribution in [-0.2, 0) is 4.79 Å². The van der Waals surface area contributed by atoms with Gasteiger partial charge in [-0.05, 0) is 25.7 Å². The molecule has 0 heterocycles. The Labute approximate surface area is 111 Å². The third kappa shape index (κ3) is 4.52. The molecule has 0 saturated heterocycles. The van der Waals surface area contributed by atoms with Gasteiger partial charge in [0.2, 0.25) is 5.91 Å². The maximum atomic E-state index is 12.4. The summed E-state index contributed by atoms with van der Waals surface area (Å²) >= 11 is 0. The van der Waals surface area contributed by atoms with Crippen LogP contribution in [0.1, 0.15) is 52.4 Å². The number of rotatable bonds is 9. The molecule has 0 spiro atoms. The van der Waals surface area contributed by atoms with Gasteiger partial charge in [0.25, 0.3) is 0 Å².